The van der Waals surface area contributed by atoms with Crippen molar-refractivity contribution in [3.05, 3.63) is 89.7 Å². The average Bonchev–Trinajstić information content (AvgIpc) is 3.71. The molecular formula is C34H38N4O5. The van der Waals surface area contributed by atoms with Crippen LogP contribution in [0.25, 0.3) is 11.1 Å². The monoisotopic (exact) mass is 582 g/mol. The van der Waals surface area contributed by atoms with Gasteiger partial charge in [0.15, 0.2) is 0 Å². The number of benzene rings is 2. The molecule has 6 rings (SSSR count). The smallest absolute Gasteiger partial charge is 0.410 e. The van der Waals surface area contributed by atoms with E-state index in [0.717, 1.165) is 40.8 Å². The fourth-order valence-electron chi connectivity index (χ4n) is 6.19. The summed E-state index contributed by atoms with van der Waals surface area (Å²) in [6, 6.07) is 21.9. The molecule has 9 nitrogen and oxygen atoms in total. The zero-order valence-electron chi connectivity index (χ0n) is 24.9. The van der Waals surface area contributed by atoms with Crippen LogP contribution >= 0.6 is 0 Å². The van der Waals surface area contributed by atoms with Crippen molar-refractivity contribution in [2.75, 3.05) is 19.7 Å². The highest BCUT2D eigenvalue weighted by atomic mass is 16.6. The van der Waals surface area contributed by atoms with Gasteiger partial charge in [0.05, 0.1) is 11.2 Å². The molecule has 43 heavy (non-hydrogen) atoms. The van der Waals surface area contributed by atoms with Crippen molar-refractivity contribution in [1.82, 2.24) is 20.5 Å². The number of likely N-dealkylation sites (tertiary alicyclic amines) is 1. The van der Waals surface area contributed by atoms with Gasteiger partial charge < -0.3 is 25.0 Å². The summed E-state index contributed by atoms with van der Waals surface area (Å²) in [4.78, 5) is 46.3. The molecule has 2 heterocycles. The first-order valence-corrected chi connectivity index (χ1v) is 14.9. The van der Waals surface area contributed by atoms with Crippen LogP contribution in [-0.4, -0.2) is 58.8 Å². The maximum atomic E-state index is 14.0. The number of hydrogen-bond acceptors (Lipinski definition) is 6. The quantitative estimate of drug-likeness (QED) is 0.398. The van der Waals surface area contributed by atoms with Gasteiger partial charge in [0.2, 0.25) is 5.91 Å². The van der Waals surface area contributed by atoms with E-state index in [4.69, 9.17) is 9.47 Å². The van der Waals surface area contributed by atoms with E-state index in [1.807, 2.05) is 63.2 Å². The zero-order chi connectivity index (χ0) is 30.2. The van der Waals surface area contributed by atoms with Crippen LogP contribution in [0.1, 0.15) is 69.2 Å². The number of carbonyl (C=O) groups excluding carboxylic acids is 3. The van der Waals surface area contributed by atoms with Crippen LogP contribution in [0.5, 0.6) is 0 Å². The normalized spacial score (nSPS) is 18.2. The van der Waals surface area contributed by atoms with Crippen LogP contribution in [0.4, 0.5) is 9.59 Å². The molecule has 1 saturated carbocycles. The number of hydrogen-bond donors (Lipinski definition) is 2. The lowest BCUT2D eigenvalue weighted by molar-refractivity contribution is -0.130. The van der Waals surface area contributed by atoms with Gasteiger partial charge in [-0.1, -0.05) is 54.6 Å². The minimum Gasteiger partial charge on any atom is -0.449 e. The average molecular weight is 583 g/mol. The summed E-state index contributed by atoms with van der Waals surface area (Å²) in [6.45, 7) is 6.10. The number of amides is 3. The fraction of sp³-hybridized carbons (Fsp3) is 0.412. The summed E-state index contributed by atoms with van der Waals surface area (Å²) in [5, 5.41) is 6.14. The lowest BCUT2D eigenvalue weighted by atomic mass is 9.86. The lowest BCUT2D eigenvalue weighted by Gasteiger charge is -2.41. The van der Waals surface area contributed by atoms with Gasteiger partial charge in [0, 0.05) is 25.2 Å². The summed E-state index contributed by atoms with van der Waals surface area (Å²) in [5.74, 6) is -0.399. The predicted molar refractivity (Wildman–Crippen MR) is 161 cm³/mol. The second-order valence-corrected chi connectivity index (χ2v) is 12.8. The first-order chi connectivity index (χ1) is 20.6. The number of rotatable bonds is 6. The number of alkyl carbamates (subject to hydrolysis) is 1. The molecule has 0 radical (unpaired) electrons. The molecule has 9 heteroatoms. The summed E-state index contributed by atoms with van der Waals surface area (Å²) < 4.78 is 11.4. The standard InChI is InChI=1S/C34H38N4O5/c1-32(2,3)43-31(41)38-20-17-34(18-21-38,29(39)36-33(15-16-33)28-14-8-9-19-35-28)37-30(40)42-22-27-25-12-6-4-10-23(25)24-11-5-7-13-26(24)27/h4-14,19,27H,15-18,20-22H2,1-3H3,(H,36,39)(H,37,40). The molecule has 1 saturated heterocycles. The molecule has 0 unspecified atom stereocenters. The Labute approximate surface area is 252 Å². The van der Waals surface area contributed by atoms with Crippen LogP contribution in [-0.2, 0) is 19.8 Å². The van der Waals surface area contributed by atoms with Crippen LogP contribution < -0.4 is 10.6 Å². The number of nitrogens with one attached hydrogen (secondary N) is 2. The number of aromatic nitrogens is 1. The van der Waals surface area contributed by atoms with Crippen molar-refractivity contribution in [2.45, 2.75) is 69.1 Å². The Balaban J connectivity index is 1.18. The Hall–Kier alpha value is -4.40. The van der Waals surface area contributed by atoms with Crippen molar-refractivity contribution in [1.29, 1.82) is 0 Å². The molecule has 0 atom stereocenters. The lowest BCUT2D eigenvalue weighted by Crippen LogP contribution is -2.65. The summed E-state index contributed by atoms with van der Waals surface area (Å²) >= 11 is 0. The predicted octanol–water partition coefficient (Wildman–Crippen LogP) is 5.50. The Morgan fingerprint density at radius 1 is 0.860 bits per heavy atom. The van der Waals surface area contributed by atoms with E-state index in [0.29, 0.717) is 0 Å². The van der Waals surface area contributed by atoms with Gasteiger partial charge in [-0.25, -0.2) is 9.59 Å². The summed E-state index contributed by atoms with van der Waals surface area (Å²) in [7, 11) is 0. The topological polar surface area (TPSA) is 110 Å². The molecule has 3 aromatic rings. The molecule has 2 aromatic carbocycles. The number of fused-ring (bicyclic) bond motifs is 3. The van der Waals surface area contributed by atoms with Crippen molar-refractivity contribution in [3.8, 4) is 11.1 Å². The minimum atomic E-state index is -1.26. The third kappa shape index (κ3) is 5.81. The van der Waals surface area contributed by atoms with Crippen LogP contribution in [0.2, 0.25) is 0 Å². The van der Waals surface area contributed by atoms with Gasteiger partial charge >= 0.3 is 12.2 Å². The van der Waals surface area contributed by atoms with Gasteiger partial charge in [0.25, 0.3) is 0 Å². The van der Waals surface area contributed by atoms with Gasteiger partial charge in [-0.15, -0.1) is 0 Å². The Kier molecular flexibility index (Phi) is 7.36. The van der Waals surface area contributed by atoms with Gasteiger partial charge in [-0.2, -0.15) is 0 Å². The van der Waals surface area contributed by atoms with Crippen molar-refractivity contribution < 1.29 is 23.9 Å². The maximum absolute atomic E-state index is 14.0. The molecule has 0 bridgehead atoms. The van der Waals surface area contributed by atoms with Gasteiger partial charge in [0.1, 0.15) is 17.7 Å². The van der Waals surface area contributed by atoms with Crippen LogP contribution in [0.15, 0.2) is 72.9 Å². The molecule has 1 aliphatic heterocycles. The summed E-state index contributed by atoms with van der Waals surface area (Å²) in [5.41, 5.74) is 2.85. The summed E-state index contributed by atoms with van der Waals surface area (Å²) in [6.07, 6.45) is 2.59. The minimum absolute atomic E-state index is 0.101. The first-order valence-electron chi connectivity index (χ1n) is 14.9. The number of carbonyl (C=O) groups is 3. The second-order valence-electron chi connectivity index (χ2n) is 12.8. The highest BCUT2D eigenvalue weighted by Gasteiger charge is 2.52. The van der Waals surface area contributed by atoms with E-state index < -0.39 is 28.9 Å². The molecular weight excluding hydrogens is 544 g/mol. The molecule has 3 aliphatic rings. The second kappa shape index (κ2) is 11.0. The molecule has 2 aliphatic carbocycles. The van der Waals surface area contributed by atoms with E-state index >= 15 is 0 Å². The number of piperidine rings is 1. The Morgan fingerprint density at radius 3 is 2.02 bits per heavy atom. The van der Waals surface area contributed by atoms with E-state index in [1.54, 1.807) is 11.1 Å². The highest BCUT2D eigenvalue weighted by Crippen LogP contribution is 2.46. The van der Waals surface area contributed by atoms with Crippen LogP contribution in [0.3, 0.4) is 0 Å². The fourth-order valence-corrected chi connectivity index (χ4v) is 6.19. The van der Waals surface area contributed by atoms with Crippen molar-refractivity contribution in [3.63, 3.8) is 0 Å². The highest BCUT2D eigenvalue weighted by molar-refractivity contribution is 5.91. The van der Waals surface area contributed by atoms with E-state index in [2.05, 4.69) is 39.9 Å². The third-order valence-corrected chi connectivity index (χ3v) is 8.65. The SMILES string of the molecule is CC(C)(C)OC(=O)N1CCC(NC(=O)OCC2c3ccccc3-c3ccccc32)(C(=O)NC2(c3ccccn3)CC2)CC1. The Bertz CT molecular complexity index is 1480. The number of pyridine rings is 1. The molecule has 2 fully saturated rings. The van der Waals surface area contributed by atoms with E-state index in [-0.39, 0.29) is 44.4 Å². The molecule has 1 aromatic heterocycles. The molecule has 3 amide bonds. The largest absolute Gasteiger partial charge is 0.449 e. The first kappa shape index (κ1) is 28.7. The Morgan fingerprint density at radius 2 is 1.47 bits per heavy atom. The van der Waals surface area contributed by atoms with E-state index in [9.17, 15) is 14.4 Å². The van der Waals surface area contributed by atoms with Crippen molar-refractivity contribution >= 4 is 18.1 Å². The molecule has 0 spiro atoms. The van der Waals surface area contributed by atoms with Gasteiger partial charge in [-0.05, 0) is 80.8 Å². The van der Waals surface area contributed by atoms with Gasteiger partial charge in [-0.3, -0.25) is 9.78 Å². The third-order valence-electron chi connectivity index (χ3n) is 8.65. The van der Waals surface area contributed by atoms with Crippen molar-refractivity contribution in [2.24, 2.45) is 0 Å². The number of nitrogens with zero attached hydrogens (tertiary/aromatic N) is 2. The van der Waals surface area contributed by atoms with E-state index in [1.165, 1.54) is 0 Å². The van der Waals surface area contributed by atoms with Crippen LogP contribution in [0, 0.1) is 0 Å². The molecule has 224 valence electrons. The number of ether oxygens (including phenoxy) is 2. The maximum Gasteiger partial charge on any atom is 0.410 e. The zero-order valence-corrected chi connectivity index (χ0v) is 24.9. The molecule has 2 N–H and O–H groups in total.